The van der Waals surface area contributed by atoms with E-state index in [1.54, 1.807) is 23.1 Å². The lowest BCUT2D eigenvalue weighted by Crippen LogP contribution is -2.35. The molecule has 4 rings (SSSR count). The van der Waals surface area contributed by atoms with Crippen LogP contribution < -0.4 is 10.1 Å². The summed E-state index contributed by atoms with van der Waals surface area (Å²) in [5, 5.41) is 3.36. The van der Waals surface area contributed by atoms with E-state index in [4.69, 9.17) is 16.3 Å². The number of carbonyl (C=O) groups excluding carboxylic acids is 1. The summed E-state index contributed by atoms with van der Waals surface area (Å²) in [5.74, 6) is 0.581. The zero-order valence-electron chi connectivity index (χ0n) is 17.2. The molecule has 2 aromatic carbocycles. The molecule has 0 bridgehead atoms. The fraction of sp³-hybridized carbons (Fsp3) is 0.174. The lowest BCUT2D eigenvalue weighted by atomic mass is 10.1. The van der Waals surface area contributed by atoms with Crippen LogP contribution in [-0.4, -0.2) is 27.3 Å². The van der Waals surface area contributed by atoms with E-state index in [1.807, 2.05) is 0 Å². The van der Waals surface area contributed by atoms with Gasteiger partial charge in [-0.2, -0.15) is 13.2 Å². The minimum absolute atomic E-state index is 0.0179. The number of fused-ring (bicyclic) bond motifs is 1. The second-order valence-electron chi connectivity index (χ2n) is 7.26. The summed E-state index contributed by atoms with van der Waals surface area (Å²) in [6, 6.07) is 9.35. The summed E-state index contributed by atoms with van der Waals surface area (Å²) in [6.45, 7) is 4.41. The van der Waals surface area contributed by atoms with Crippen LogP contribution in [0.4, 0.5) is 24.7 Å². The van der Waals surface area contributed by atoms with E-state index < -0.39 is 11.7 Å². The first-order valence-electron chi connectivity index (χ1n) is 9.90. The minimum atomic E-state index is -4.47. The van der Waals surface area contributed by atoms with Crippen molar-refractivity contribution in [2.24, 2.45) is 0 Å². The second-order valence-corrected chi connectivity index (χ2v) is 7.67. The number of benzene rings is 2. The number of aromatic nitrogens is 2. The Hall–Kier alpha value is -3.59. The predicted octanol–water partition coefficient (Wildman–Crippen LogP) is 5.76. The molecule has 1 aromatic heterocycles. The van der Waals surface area contributed by atoms with Crippen LogP contribution in [0.3, 0.4) is 0 Å². The van der Waals surface area contributed by atoms with Gasteiger partial charge >= 0.3 is 6.18 Å². The Kier molecular flexibility index (Phi) is 6.24. The lowest BCUT2D eigenvalue weighted by Gasteiger charge is -2.28. The number of halogens is 4. The Balaban J connectivity index is 1.53. The first-order valence-corrected chi connectivity index (χ1v) is 10.3. The van der Waals surface area contributed by atoms with Crippen molar-refractivity contribution in [1.29, 1.82) is 0 Å². The summed E-state index contributed by atoms with van der Waals surface area (Å²) >= 11 is 6.32. The zero-order chi connectivity index (χ0) is 23.6. The van der Waals surface area contributed by atoms with E-state index >= 15 is 0 Å². The molecule has 0 aliphatic carbocycles. The number of amides is 1. The first kappa shape index (κ1) is 22.6. The van der Waals surface area contributed by atoms with Crippen LogP contribution in [0.15, 0.2) is 61.4 Å². The van der Waals surface area contributed by atoms with Crippen molar-refractivity contribution in [3.63, 3.8) is 0 Å². The van der Waals surface area contributed by atoms with Crippen molar-refractivity contribution in [3.8, 4) is 11.5 Å². The summed E-state index contributed by atoms with van der Waals surface area (Å²) in [5.41, 5.74) is 1.41. The zero-order valence-corrected chi connectivity index (χ0v) is 18.0. The Morgan fingerprint density at radius 3 is 2.76 bits per heavy atom. The molecule has 0 spiro atoms. The molecule has 33 heavy (non-hydrogen) atoms. The number of nitrogens with zero attached hydrogens (tertiary/aromatic N) is 3. The average molecular weight is 475 g/mol. The van der Waals surface area contributed by atoms with Crippen molar-refractivity contribution in [3.05, 3.63) is 83.3 Å². The van der Waals surface area contributed by atoms with Gasteiger partial charge in [-0.1, -0.05) is 24.2 Å². The summed E-state index contributed by atoms with van der Waals surface area (Å²) in [7, 11) is 0. The van der Waals surface area contributed by atoms with Gasteiger partial charge in [0, 0.05) is 24.2 Å². The standard InChI is InChI=1S/C23H18ClF3N4O2/c1-2-21(32)31-9-8-19-17(12-31)22(29-13-28-19)30-15-6-7-20(18(24)11-15)33-16-5-3-4-14(10-16)23(25,26)27/h2-7,10-11,13H,1,8-9,12H2,(H,28,29,30). The molecular formula is C23H18ClF3N4O2. The van der Waals surface area contributed by atoms with Gasteiger partial charge in [0.25, 0.3) is 0 Å². The second kappa shape index (κ2) is 9.11. The number of rotatable bonds is 5. The molecule has 1 aliphatic heterocycles. The molecule has 2 heterocycles. The van der Waals surface area contributed by atoms with Gasteiger partial charge in [-0.3, -0.25) is 4.79 Å². The third-order valence-electron chi connectivity index (χ3n) is 5.07. The number of hydrogen-bond acceptors (Lipinski definition) is 5. The normalized spacial score (nSPS) is 13.3. The lowest BCUT2D eigenvalue weighted by molar-refractivity contribution is -0.137. The molecule has 10 heteroatoms. The molecule has 1 aliphatic rings. The fourth-order valence-electron chi connectivity index (χ4n) is 3.43. The van der Waals surface area contributed by atoms with Crippen LogP contribution in [0.25, 0.3) is 0 Å². The molecule has 0 fully saturated rings. The van der Waals surface area contributed by atoms with Gasteiger partial charge < -0.3 is 15.0 Å². The Morgan fingerprint density at radius 2 is 2.03 bits per heavy atom. The predicted molar refractivity (Wildman–Crippen MR) is 118 cm³/mol. The summed E-state index contributed by atoms with van der Waals surface area (Å²) in [6.07, 6.45) is -1.17. The van der Waals surface area contributed by atoms with Gasteiger partial charge in [0.15, 0.2) is 0 Å². The van der Waals surface area contributed by atoms with Crippen LogP contribution >= 0.6 is 11.6 Å². The van der Waals surface area contributed by atoms with E-state index in [0.717, 1.165) is 23.4 Å². The van der Waals surface area contributed by atoms with Gasteiger partial charge in [0.05, 0.1) is 22.8 Å². The number of carbonyl (C=O) groups is 1. The first-order chi connectivity index (χ1) is 15.7. The third kappa shape index (κ3) is 5.09. The van der Waals surface area contributed by atoms with Crippen molar-refractivity contribution in [2.75, 3.05) is 11.9 Å². The van der Waals surface area contributed by atoms with Gasteiger partial charge in [-0.05, 0) is 42.5 Å². The monoisotopic (exact) mass is 474 g/mol. The summed E-state index contributed by atoms with van der Waals surface area (Å²) in [4.78, 5) is 22.3. The Bertz CT molecular complexity index is 1220. The van der Waals surface area contributed by atoms with Crippen molar-refractivity contribution < 1.29 is 22.7 Å². The number of nitrogens with one attached hydrogen (secondary N) is 1. The number of alkyl halides is 3. The van der Waals surface area contributed by atoms with Crippen molar-refractivity contribution in [2.45, 2.75) is 19.1 Å². The van der Waals surface area contributed by atoms with Crippen LogP contribution in [-0.2, 0) is 23.9 Å². The van der Waals surface area contributed by atoms with E-state index in [0.29, 0.717) is 31.0 Å². The molecule has 170 valence electrons. The minimum Gasteiger partial charge on any atom is -0.456 e. The molecule has 0 atom stereocenters. The van der Waals surface area contributed by atoms with E-state index in [1.165, 1.54) is 24.5 Å². The summed E-state index contributed by atoms with van der Waals surface area (Å²) < 4.78 is 44.3. The molecule has 0 unspecified atom stereocenters. The van der Waals surface area contributed by atoms with Gasteiger partial charge in [0.1, 0.15) is 23.6 Å². The fourth-order valence-corrected chi connectivity index (χ4v) is 3.65. The third-order valence-corrected chi connectivity index (χ3v) is 5.37. The Morgan fingerprint density at radius 1 is 1.21 bits per heavy atom. The highest BCUT2D eigenvalue weighted by atomic mass is 35.5. The SMILES string of the molecule is C=CC(=O)N1CCc2ncnc(Nc3ccc(Oc4cccc(C(F)(F)F)c4)c(Cl)c3)c2C1. The van der Waals surface area contributed by atoms with E-state index in [-0.39, 0.29) is 22.4 Å². The molecule has 1 amide bonds. The average Bonchev–Trinajstić information content (AvgIpc) is 2.80. The maximum atomic E-state index is 12.9. The quantitative estimate of drug-likeness (QED) is 0.476. The highest BCUT2D eigenvalue weighted by Gasteiger charge is 2.30. The van der Waals surface area contributed by atoms with Gasteiger partial charge in [0.2, 0.25) is 5.91 Å². The van der Waals surface area contributed by atoms with Crippen molar-refractivity contribution in [1.82, 2.24) is 14.9 Å². The maximum absolute atomic E-state index is 12.9. The van der Waals surface area contributed by atoms with Crippen LogP contribution in [0.5, 0.6) is 11.5 Å². The smallest absolute Gasteiger partial charge is 0.416 e. The van der Waals surface area contributed by atoms with Crippen molar-refractivity contribution >= 4 is 29.0 Å². The van der Waals surface area contributed by atoms with Gasteiger partial charge in [-0.15, -0.1) is 0 Å². The topological polar surface area (TPSA) is 67.4 Å². The highest BCUT2D eigenvalue weighted by molar-refractivity contribution is 6.32. The highest BCUT2D eigenvalue weighted by Crippen LogP contribution is 2.36. The molecule has 6 nitrogen and oxygen atoms in total. The Labute approximate surface area is 192 Å². The van der Waals surface area contributed by atoms with Gasteiger partial charge in [-0.25, -0.2) is 9.97 Å². The number of ether oxygens (including phenoxy) is 1. The molecule has 0 saturated heterocycles. The van der Waals surface area contributed by atoms with Crippen LogP contribution in [0, 0.1) is 0 Å². The number of hydrogen-bond donors (Lipinski definition) is 1. The molecule has 3 aromatic rings. The molecule has 0 saturated carbocycles. The maximum Gasteiger partial charge on any atom is 0.416 e. The number of anilines is 2. The molecular weight excluding hydrogens is 457 g/mol. The molecule has 0 radical (unpaired) electrons. The molecule has 1 N–H and O–H groups in total. The van der Waals surface area contributed by atoms with E-state index in [9.17, 15) is 18.0 Å². The van der Waals surface area contributed by atoms with Crippen LogP contribution in [0.1, 0.15) is 16.8 Å². The van der Waals surface area contributed by atoms with Crippen LogP contribution in [0.2, 0.25) is 5.02 Å². The van der Waals surface area contributed by atoms with E-state index in [2.05, 4.69) is 21.9 Å². The largest absolute Gasteiger partial charge is 0.456 e.